The van der Waals surface area contributed by atoms with Crippen LogP contribution in [0.15, 0.2) is 34.1 Å². The fourth-order valence-corrected chi connectivity index (χ4v) is 5.94. The van der Waals surface area contributed by atoms with Crippen molar-refractivity contribution in [3.05, 3.63) is 44.4 Å². The van der Waals surface area contributed by atoms with E-state index in [1.54, 1.807) is 12.1 Å². The lowest BCUT2D eigenvalue weighted by Crippen LogP contribution is -2.36. The molecular formula is C16H12N2O6S2. The van der Waals surface area contributed by atoms with E-state index in [2.05, 4.69) is 4.98 Å². The van der Waals surface area contributed by atoms with E-state index in [0.717, 1.165) is 28.0 Å². The number of carbonyl (C=O) groups excluding carboxylic acids is 2. The topological polar surface area (TPSA) is 128 Å². The van der Waals surface area contributed by atoms with Crippen LogP contribution in [0.3, 0.4) is 0 Å². The first kappa shape index (κ1) is 16.9. The molecule has 2 amide bonds. The summed E-state index contributed by atoms with van der Waals surface area (Å²) in [5.74, 6) is -3.68. The van der Waals surface area contributed by atoms with E-state index in [1.165, 1.54) is 12.1 Å². The number of amides is 2. The molecule has 1 fully saturated rings. The van der Waals surface area contributed by atoms with E-state index in [1.807, 2.05) is 0 Å². The number of benzene rings is 1. The molecule has 0 aliphatic carbocycles. The Kier molecular flexibility index (Phi) is 3.88. The number of thioether (sulfide) groups is 1. The number of aliphatic carboxylic acids is 1. The minimum Gasteiger partial charge on any atom is -0.508 e. The van der Waals surface area contributed by atoms with Gasteiger partial charge in [-0.1, -0.05) is 35.2 Å². The zero-order valence-electron chi connectivity index (χ0n) is 13.0. The van der Waals surface area contributed by atoms with Gasteiger partial charge in [-0.05, 0) is 17.7 Å². The molecule has 2 unspecified atom stereocenters. The summed E-state index contributed by atoms with van der Waals surface area (Å²) in [5, 5.41) is 18.3. The summed E-state index contributed by atoms with van der Waals surface area (Å²) < 4.78 is 0. The average molecular weight is 392 g/mol. The summed E-state index contributed by atoms with van der Waals surface area (Å²) in [6.45, 7) is -0.683. The molecule has 3 heterocycles. The van der Waals surface area contributed by atoms with Crippen LogP contribution < -0.4 is 4.87 Å². The van der Waals surface area contributed by atoms with Crippen molar-refractivity contribution in [2.75, 3.05) is 6.54 Å². The number of carbonyl (C=O) groups is 3. The van der Waals surface area contributed by atoms with Crippen LogP contribution in [0.25, 0.3) is 0 Å². The molecule has 134 valence electrons. The van der Waals surface area contributed by atoms with Gasteiger partial charge in [-0.2, -0.15) is 0 Å². The highest BCUT2D eigenvalue weighted by Gasteiger charge is 2.56. The number of aromatic nitrogens is 1. The lowest BCUT2D eigenvalue weighted by molar-refractivity contribution is -0.149. The van der Waals surface area contributed by atoms with Crippen LogP contribution in [0.2, 0.25) is 0 Å². The quantitative estimate of drug-likeness (QED) is 0.660. The van der Waals surface area contributed by atoms with Gasteiger partial charge in [0.1, 0.15) is 17.5 Å². The molecule has 2 aliphatic rings. The minimum absolute atomic E-state index is 0.0549. The van der Waals surface area contributed by atoms with Crippen LogP contribution in [0.1, 0.15) is 16.4 Å². The first-order valence-corrected chi connectivity index (χ1v) is 9.32. The van der Waals surface area contributed by atoms with E-state index < -0.39 is 41.4 Å². The summed E-state index contributed by atoms with van der Waals surface area (Å²) in [7, 11) is 0. The number of imide groups is 1. The van der Waals surface area contributed by atoms with Gasteiger partial charge in [-0.25, -0.2) is 0 Å². The molecule has 0 radical (unpaired) electrons. The largest absolute Gasteiger partial charge is 0.508 e. The number of carboxylic acids is 1. The van der Waals surface area contributed by atoms with Crippen molar-refractivity contribution < 1.29 is 24.6 Å². The normalized spacial score (nSPS) is 24.5. The highest BCUT2D eigenvalue weighted by atomic mass is 32.2. The zero-order valence-corrected chi connectivity index (χ0v) is 14.7. The number of hydrogen-bond donors (Lipinski definition) is 3. The van der Waals surface area contributed by atoms with Crippen LogP contribution >= 0.6 is 23.1 Å². The summed E-state index contributed by atoms with van der Waals surface area (Å²) >= 11 is 2.07. The SMILES string of the molecule is O=C(O)CN1C(=O)C2Sc3[nH]c(=O)sc3[C@@H](c3ccc(O)cc3)C2C1=O. The van der Waals surface area contributed by atoms with Gasteiger partial charge in [0.15, 0.2) is 0 Å². The smallest absolute Gasteiger partial charge is 0.323 e. The molecule has 1 aromatic heterocycles. The number of phenolic OH excluding ortho intramolecular Hbond substituents is 1. The number of aromatic amines is 1. The number of phenols is 1. The fourth-order valence-electron chi connectivity index (χ4n) is 3.41. The predicted molar refractivity (Wildman–Crippen MR) is 92.4 cm³/mol. The monoisotopic (exact) mass is 392 g/mol. The third kappa shape index (κ3) is 2.53. The number of fused-ring (bicyclic) bond motifs is 2. The van der Waals surface area contributed by atoms with E-state index in [0.29, 0.717) is 15.5 Å². The van der Waals surface area contributed by atoms with Gasteiger partial charge in [-0.3, -0.25) is 24.1 Å². The predicted octanol–water partition coefficient (Wildman–Crippen LogP) is 0.818. The number of thiazole rings is 1. The number of likely N-dealkylation sites (tertiary alicyclic amines) is 1. The van der Waals surface area contributed by atoms with Crippen molar-refractivity contribution in [2.45, 2.75) is 16.2 Å². The van der Waals surface area contributed by atoms with Crippen molar-refractivity contribution in [1.29, 1.82) is 0 Å². The van der Waals surface area contributed by atoms with E-state index in [9.17, 15) is 24.3 Å². The molecular weight excluding hydrogens is 380 g/mol. The van der Waals surface area contributed by atoms with Gasteiger partial charge in [0.2, 0.25) is 11.8 Å². The molecule has 10 heteroatoms. The van der Waals surface area contributed by atoms with Crippen LogP contribution in [0.5, 0.6) is 5.75 Å². The number of hydrogen-bond acceptors (Lipinski definition) is 7. The number of nitrogens with zero attached hydrogens (tertiary/aromatic N) is 1. The van der Waals surface area contributed by atoms with Crippen molar-refractivity contribution in [1.82, 2.24) is 9.88 Å². The second-order valence-corrected chi connectivity index (χ2v) is 8.16. The Morgan fingerprint density at radius 1 is 1.15 bits per heavy atom. The zero-order chi connectivity index (χ0) is 18.6. The Balaban J connectivity index is 1.85. The molecule has 1 aromatic carbocycles. The Bertz CT molecular complexity index is 979. The molecule has 3 atom stereocenters. The highest BCUT2D eigenvalue weighted by Crippen LogP contribution is 2.52. The van der Waals surface area contributed by atoms with Crippen molar-refractivity contribution in [3.8, 4) is 5.75 Å². The summed E-state index contributed by atoms with van der Waals surface area (Å²) in [5.41, 5.74) is 0.674. The van der Waals surface area contributed by atoms with Crippen LogP contribution in [-0.2, 0) is 14.4 Å². The third-order valence-corrected chi connectivity index (χ3v) is 6.86. The second-order valence-electron chi connectivity index (χ2n) is 6.00. The average Bonchev–Trinajstić information content (AvgIpc) is 3.06. The standard InChI is InChI=1S/C16H12N2O6S2/c19-7-3-1-6(2-4-7)9-10-12(25-13-11(9)26-16(24)17-13)15(23)18(14(10)22)5-8(20)21/h1-4,9-10,12,19H,5H2,(H,17,24)(H,20,21)/t9-,10?,12?/m0/s1. The third-order valence-electron chi connectivity index (χ3n) is 4.46. The van der Waals surface area contributed by atoms with Crippen molar-refractivity contribution in [2.24, 2.45) is 5.92 Å². The lowest BCUT2D eigenvalue weighted by Gasteiger charge is -2.29. The molecule has 4 rings (SSSR count). The molecule has 0 bridgehead atoms. The van der Waals surface area contributed by atoms with Gasteiger partial charge in [0.25, 0.3) is 0 Å². The number of H-pyrrole nitrogens is 1. The maximum atomic E-state index is 12.8. The maximum Gasteiger partial charge on any atom is 0.323 e. The minimum atomic E-state index is -1.26. The number of carboxylic acid groups (broad SMARTS) is 1. The Morgan fingerprint density at radius 3 is 2.50 bits per heavy atom. The van der Waals surface area contributed by atoms with Crippen LogP contribution in [0.4, 0.5) is 0 Å². The van der Waals surface area contributed by atoms with E-state index >= 15 is 0 Å². The molecule has 0 saturated carbocycles. The number of rotatable bonds is 3. The lowest BCUT2D eigenvalue weighted by atomic mass is 9.83. The number of aromatic hydroxyl groups is 1. The van der Waals surface area contributed by atoms with E-state index in [-0.39, 0.29) is 10.6 Å². The Hall–Kier alpha value is -2.59. The number of nitrogens with one attached hydrogen (secondary N) is 1. The van der Waals surface area contributed by atoms with Gasteiger partial charge in [0.05, 0.1) is 10.9 Å². The van der Waals surface area contributed by atoms with Crippen molar-refractivity contribution >= 4 is 40.9 Å². The molecule has 1 saturated heterocycles. The molecule has 26 heavy (non-hydrogen) atoms. The van der Waals surface area contributed by atoms with Crippen LogP contribution in [-0.4, -0.2) is 49.7 Å². The van der Waals surface area contributed by atoms with Crippen LogP contribution in [0, 0.1) is 5.92 Å². The molecule has 0 spiro atoms. The molecule has 2 aliphatic heterocycles. The Labute approximate surface area is 154 Å². The fraction of sp³-hybridized carbons (Fsp3) is 0.250. The summed E-state index contributed by atoms with van der Waals surface area (Å²) in [6, 6.07) is 6.21. The Morgan fingerprint density at radius 2 is 1.85 bits per heavy atom. The molecule has 2 aromatic rings. The molecule has 3 N–H and O–H groups in total. The maximum absolute atomic E-state index is 12.8. The second kappa shape index (κ2) is 5.99. The van der Waals surface area contributed by atoms with Gasteiger partial charge < -0.3 is 15.2 Å². The highest BCUT2D eigenvalue weighted by molar-refractivity contribution is 8.00. The molecule has 8 nitrogen and oxygen atoms in total. The van der Waals surface area contributed by atoms with Crippen molar-refractivity contribution in [3.63, 3.8) is 0 Å². The van der Waals surface area contributed by atoms with Gasteiger partial charge in [0, 0.05) is 10.8 Å². The summed E-state index contributed by atoms with van der Waals surface area (Å²) in [6.07, 6.45) is 0. The first-order chi connectivity index (χ1) is 12.4. The van der Waals surface area contributed by atoms with Gasteiger partial charge >= 0.3 is 10.8 Å². The first-order valence-electron chi connectivity index (χ1n) is 7.62. The summed E-state index contributed by atoms with van der Waals surface area (Å²) in [4.78, 5) is 52.2. The van der Waals surface area contributed by atoms with Gasteiger partial charge in [-0.15, -0.1) is 0 Å². The van der Waals surface area contributed by atoms with E-state index in [4.69, 9.17) is 5.11 Å².